The van der Waals surface area contributed by atoms with Crippen LogP contribution in [0.15, 0.2) is 54.4 Å². The SMILES string of the molecule is C=CC(=O)N1C[C@H](C)n2nc(-c3nc(-c4ccc5c(c4)nc(C)n5C)c4scc(F)c4c3-c3c(O)cc(F)cc3F)cc2[C@H]1C. The Hall–Kier alpha value is -4.97. The van der Waals surface area contributed by atoms with E-state index in [1.165, 1.54) is 11.5 Å². The number of carbonyl (C=O) groups excluding carboxylic acids is 1. The molecule has 0 unspecified atom stereocenters. The number of fused-ring (bicyclic) bond motifs is 3. The zero-order valence-corrected chi connectivity index (χ0v) is 25.6. The van der Waals surface area contributed by atoms with Crippen LogP contribution in [-0.2, 0) is 11.8 Å². The second kappa shape index (κ2) is 10.3. The van der Waals surface area contributed by atoms with Crippen molar-refractivity contribution in [1.82, 2.24) is 29.2 Å². The summed E-state index contributed by atoms with van der Waals surface area (Å²) >= 11 is 1.09. The highest BCUT2D eigenvalue weighted by molar-refractivity contribution is 7.17. The summed E-state index contributed by atoms with van der Waals surface area (Å²) < 4.78 is 49.8. The van der Waals surface area contributed by atoms with E-state index in [-0.39, 0.29) is 45.9 Å². The normalized spacial score (nSPS) is 16.5. The number of pyridine rings is 1. The number of benzene rings is 2. The maximum atomic E-state index is 15.9. The largest absolute Gasteiger partial charge is 0.507 e. The molecule has 2 aromatic carbocycles. The Kier molecular flexibility index (Phi) is 6.59. The molecule has 2 atom stereocenters. The Labute approximate surface area is 259 Å². The number of halogens is 3. The summed E-state index contributed by atoms with van der Waals surface area (Å²) in [6.07, 6.45) is 1.26. The molecule has 0 fully saturated rings. The van der Waals surface area contributed by atoms with Gasteiger partial charge in [-0.15, -0.1) is 11.3 Å². The second-order valence-electron chi connectivity index (χ2n) is 11.3. The van der Waals surface area contributed by atoms with E-state index >= 15 is 8.78 Å². The Bertz CT molecular complexity index is 2190. The molecular formula is C33H27F3N6O2S. The molecular weight excluding hydrogens is 601 g/mol. The molecule has 0 saturated heterocycles. The van der Waals surface area contributed by atoms with E-state index in [0.29, 0.717) is 34.3 Å². The predicted molar refractivity (Wildman–Crippen MR) is 167 cm³/mol. The summed E-state index contributed by atoms with van der Waals surface area (Å²) in [6.45, 7) is 9.66. The quantitative estimate of drug-likeness (QED) is 0.205. The zero-order chi connectivity index (χ0) is 31.9. The van der Waals surface area contributed by atoms with Crippen LogP contribution in [0.4, 0.5) is 13.2 Å². The molecule has 1 N–H and O–H groups in total. The summed E-state index contributed by atoms with van der Waals surface area (Å²) in [6, 6.07) is 8.18. The minimum absolute atomic E-state index is 0.0219. The summed E-state index contributed by atoms with van der Waals surface area (Å²) in [5, 5.41) is 17.0. The van der Waals surface area contributed by atoms with Gasteiger partial charge in [-0.1, -0.05) is 12.6 Å². The highest BCUT2D eigenvalue weighted by Gasteiger charge is 2.34. The Morgan fingerprint density at radius 2 is 1.84 bits per heavy atom. The number of imidazole rings is 1. The third-order valence-electron chi connectivity index (χ3n) is 8.57. The fraction of sp³-hybridized carbons (Fsp3) is 0.212. The Morgan fingerprint density at radius 3 is 2.58 bits per heavy atom. The lowest BCUT2D eigenvalue weighted by atomic mass is 9.94. The number of phenols is 1. The number of amides is 1. The van der Waals surface area contributed by atoms with Crippen LogP contribution < -0.4 is 0 Å². The fourth-order valence-corrected chi connectivity index (χ4v) is 7.18. The molecule has 5 heterocycles. The molecule has 1 aliphatic heterocycles. The number of rotatable bonds is 4. The molecule has 1 amide bonds. The van der Waals surface area contributed by atoms with Crippen molar-refractivity contribution in [2.24, 2.45) is 7.05 Å². The number of phenolic OH excluding ortho intramolecular Hbond substituents is 1. The number of nitrogens with zero attached hydrogens (tertiary/aromatic N) is 6. The van der Waals surface area contributed by atoms with Gasteiger partial charge in [0.1, 0.15) is 40.4 Å². The first kappa shape index (κ1) is 28.8. The molecule has 0 spiro atoms. The van der Waals surface area contributed by atoms with E-state index < -0.39 is 23.2 Å². The van der Waals surface area contributed by atoms with Crippen molar-refractivity contribution >= 4 is 38.4 Å². The van der Waals surface area contributed by atoms with Gasteiger partial charge < -0.3 is 14.6 Å². The second-order valence-corrected chi connectivity index (χ2v) is 12.2. The molecule has 0 aliphatic carbocycles. The van der Waals surface area contributed by atoms with Gasteiger partial charge in [0.2, 0.25) is 5.91 Å². The molecule has 228 valence electrons. The fourth-order valence-electron chi connectivity index (χ4n) is 6.25. The van der Waals surface area contributed by atoms with E-state index in [1.807, 2.05) is 50.6 Å². The zero-order valence-electron chi connectivity index (χ0n) is 24.8. The molecule has 0 bridgehead atoms. The number of aromatic nitrogens is 5. The first-order valence-electron chi connectivity index (χ1n) is 14.2. The number of carbonyl (C=O) groups is 1. The highest BCUT2D eigenvalue weighted by Crippen LogP contribution is 2.48. The van der Waals surface area contributed by atoms with Crippen LogP contribution in [0.2, 0.25) is 0 Å². The van der Waals surface area contributed by atoms with E-state index in [9.17, 15) is 14.3 Å². The minimum atomic E-state index is -1.07. The summed E-state index contributed by atoms with van der Waals surface area (Å²) in [4.78, 5) is 24.0. The topological polar surface area (TPSA) is 89.1 Å². The molecule has 12 heteroatoms. The predicted octanol–water partition coefficient (Wildman–Crippen LogP) is 7.46. The van der Waals surface area contributed by atoms with Gasteiger partial charge in [0.15, 0.2) is 0 Å². The number of hydrogen-bond donors (Lipinski definition) is 1. The Morgan fingerprint density at radius 1 is 1.07 bits per heavy atom. The van der Waals surface area contributed by atoms with Crippen molar-refractivity contribution < 1.29 is 23.1 Å². The lowest BCUT2D eigenvalue weighted by Gasteiger charge is -2.36. The molecule has 7 rings (SSSR count). The number of thiophene rings is 1. The molecule has 45 heavy (non-hydrogen) atoms. The van der Waals surface area contributed by atoms with Crippen LogP contribution >= 0.6 is 11.3 Å². The van der Waals surface area contributed by atoms with Crippen LogP contribution in [-0.4, -0.2) is 46.8 Å². The van der Waals surface area contributed by atoms with Crippen LogP contribution in [0.5, 0.6) is 5.75 Å². The molecule has 0 radical (unpaired) electrons. The van der Waals surface area contributed by atoms with Crippen LogP contribution in [0.3, 0.4) is 0 Å². The molecule has 8 nitrogen and oxygen atoms in total. The Balaban J connectivity index is 1.55. The lowest BCUT2D eigenvalue weighted by molar-refractivity contribution is -0.129. The van der Waals surface area contributed by atoms with Crippen LogP contribution in [0.1, 0.15) is 37.4 Å². The number of aromatic hydroxyl groups is 1. The molecule has 4 aromatic heterocycles. The van der Waals surface area contributed by atoms with Crippen molar-refractivity contribution in [3.8, 4) is 39.5 Å². The maximum Gasteiger partial charge on any atom is 0.246 e. The van der Waals surface area contributed by atoms with Gasteiger partial charge >= 0.3 is 0 Å². The lowest BCUT2D eigenvalue weighted by Crippen LogP contribution is -2.42. The van der Waals surface area contributed by atoms with Crippen molar-refractivity contribution in [2.45, 2.75) is 32.9 Å². The molecule has 1 aliphatic rings. The van der Waals surface area contributed by atoms with Crippen molar-refractivity contribution in [2.75, 3.05) is 6.54 Å². The van der Waals surface area contributed by atoms with Crippen molar-refractivity contribution in [3.63, 3.8) is 0 Å². The highest BCUT2D eigenvalue weighted by atomic mass is 32.1. The van der Waals surface area contributed by atoms with Gasteiger partial charge in [0, 0.05) is 47.6 Å². The maximum absolute atomic E-state index is 15.9. The third kappa shape index (κ3) is 4.34. The van der Waals surface area contributed by atoms with E-state index in [0.717, 1.165) is 34.3 Å². The van der Waals surface area contributed by atoms with Crippen molar-refractivity contribution in [3.05, 3.63) is 83.4 Å². The summed E-state index contributed by atoms with van der Waals surface area (Å²) in [5.74, 6) is -2.82. The molecule has 0 saturated carbocycles. The standard InChI is InChI=1S/C33H27F3N6O2S/c1-6-27(44)41-13-15(2)42-25(16(41)3)12-23(39-42)32-30(28-20(35)10-19(34)11-26(28)43)29-21(36)14-45-33(29)31(38-32)18-7-8-24-22(9-18)37-17(4)40(24)5/h6-12,14-16,43H,1,13H2,2-5H3/t15-,16+/m0/s1. The van der Waals surface area contributed by atoms with Gasteiger partial charge in [-0.2, -0.15) is 5.10 Å². The van der Waals surface area contributed by atoms with Crippen LogP contribution in [0, 0.1) is 24.4 Å². The van der Waals surface area contributed by atoms with Crippen LogP contribution in [0.25, 0.3) is 54.9 Å². The summed E-state index contributed by atoms with van der Waals surface area (Å²) in [7, 11) is 1.91. The van der Waals surface area contributed by atoms with Gasteiger partial charge in [-0.25, -0.2) is 23.1 Å². The number of hydrogen-bond acceptors (Lipinski definition) is 6. The third-order valence-corrected chi connectivity index (χ3v) is 9.53. The van der Waals surface area contributed by atoms with Crippen molar-refractivity contribution in [1.29, 1.82) is 0 Å². The van der Waals surface area contributed by atoms with Gasteiger partial charge in [0.25, 0.3) is 0 Å². The van der Waals surface area contributed by atoms with E-state index in [2.05, 4.69) is 11.6 Å². The monoisotopic (exact) mass is 628 g/mol. The molecule has 6 aromatic rings. The first-order chi connectivity index (χ1) is 21.5. The smallest absolute Gasteiger partial charge is 0.246 e. The minimum Gasteiger partial charge on any atom is -0.507 e. The average molecular weight is 629 g/mol. The van der Waals surface area contributed by atoms with Gasteiger partial charge in [0.05, 0.1) is 44.8 Å². The van der Waals surface area contributed by atoms with Gasteiger partial charge in [-0.05, 0) is 45.0 Å². The van der Waals surface area contributed by atoms with E-state index in [1.54, 1.807) is 15.6 Å². The summed E-state index contributed by atoms with van der Waals surface area (Å²) in [5.41, 5.74) is 3.31. The average Bonchev–Trinajstić information content (AvgIpc) is 3.70. The van der Waals surface area contributed by atoms with Gasteiger partial charge in [-0.3, -0.25) is 9.48 Å². The number of aryl methyl sites for hydroxylation is 2. The van der Waals surface area contributed by atoms with E-state index in [4.69, 9.17) is 10.1 Å². The first-order valence-corrected chi connectivity index (χ1v) is 15.1.